The summed E-state index contributed by atoms with van der Waals surface area (Å²) in [6.07, 6.45) is 6.37. The second-order valence-corrected chi connectivity index (χ2v) is 4.82. The highest BCUT2D eigenvalue weighted by molar-refractivity contribution is 4.89. The summed E-state index contributed by atoms with van der Waals surface area (Å²) in [5.41, 5.74) is 0. The molecular formula is C11H20O. The fraction of sp³-hybridized carbons (Fsp3) is 1.00. The van der Waals surface area contributed by atoms with Gasteiger partial charge < -0.3 is 4.74 Å². The van der Waals surface area contributed by atoms with E-state index in [1.54, 1.807) is 0 Å². The molecule has 2 aliphatic carbocycles. The van der Waals surface area contributed by atoms with E-state index in [1.165, 1.54) is 25.7 Å². The SMILES string of the molecule is CC(C)OCC1CC2CCC1C2. The summed E-state index contributed by atoms with van der Waals surface area (Å²) in [6, 6.07) is 0. The maximum Gasteiger partial charge on any atom is 0.0519 e. The highest BCUT2D eigenvalue weighted by atomic mass is 16.5. The molecule has 3 atom stereocenters. The molecule has 0 radical (unpaired) electrons. The molecule has 0 saturated heterocycles. The topological polar surface area (TPSA) is 9.23 Å². The average molecular weight is 168 g/mol. The van der Waals surface area contributed by atoms with Crippen molar-refractivity contribution in [3.63, 3.8) is 0 Å². The summed E-state index contributed by atoms with van der Waals surface area (Å²) in [6.45, 7) is 5.29. The highest BCUT2D eigenvalue weighted by Crippen LogP contribution is 2.48. The van der Waals surface area contributed by atoms with Crippen LogP contribution < -0.4 is 0 Å². The molecule has 2 aliphatic rings. The van der Waals surface area contributed by atoms with E-state index in [4.69, 9.17) is 4.74 Å². The maximum atomic E-state index is 5.68. The minimum Gasteiger partial charge on any atom is -0.378 e. The Kier molecular flexibility index (Phi) is 2.40. The standard InChI is InChI=1S/C11H20O/c1-8(2)12-7-11-6-9-3-4-10(11)5-9/h8-11H,3-7H2,1-2H3. The largest absolute Gasteiger partial charge is 0.378 e. The molecule has 1 heteroatoms. The van der Waals surface area contributed by atoms with Gasteiger partial charge in [0.05, 0.1) is 12.7 Å². The van der Waals surface area contributed by atoms with Crippen LogP contribution in [0.3, 0.4) is 0 Å². The molecule has 0 N–H and O–H groups in total. The molecule has 1 nitrogen and oxygen atoms in total. The van der Waals surface area contributed by atoms with Gasteiger partial charge in [-0.1, -0.05) is 6.42 Å². The van der Waals surface area contributed by atoms with Gasteiger partial charge in [-0.3, -0.25) is 0 Å². The van der Waals surface area contributed by atoms with E-state index in [0.717, 1.165) is 24.4 Å². The van der Waals surface area contributed by atoms with E-state index in [0.29, 0.717) is 6.10 Å². The molecule has 2 fully saturated rings. The van der Waals surface area contributed by atoms with Crippen molar-refractivity contribution in [2.45, 2.75) is 45.6 Å². The van der Waals surface area contributed by atoms with E-state index in [-0.39, 0.29) is 0 Å². The minimum atomic E-state index is 0.420. The van der Waals surface area contributed by atoms with Crippen LogP contribution in [0.2, 0.25) is 0 Å². The Morgan fingerprint density at radius 3 is 2.58 bits per heavy atom. The van der Waals surface area contributed by atoms with Gasteiger partial charge in [0.15, 0.2) is 0 Å². The molecule has 3 unspecified atom stereocenters. The number of fused-ring (bicyclic) bond motifs is 2. The number of rotatable bonds is 3. The molecule has 2 bridgehead atoms. The van der Waals surface area contributed by atoms with Crippen molar-refractivity contribution >= 4 is 0 Å². The predicted molar refractivity (Wildman–Crippen MR) is 50.0 cm³/mol. The Bertz CT molecular complexity index is 153. The van der Waals surface area contributed by atoms with Gasteiger partial charge in [-0.2, -0.15) is 0 Å². The first kappa shape index (κ1) is 8.55. The average Bonchev–Trinajstić information content (AvgIpc) is 2.60. The van der Waals surface area contributed by atoms with E-state index < -0.39 is 0 Å². The molecular weight excluding hydrogens is 148 g/mol. The van der Waals surface area contributed by atoms with E-state index in [1.807, 2.05) is 0 Å². The van der Waals surface area contributed by atoms with Crippen molar-refractivity contribution in [1.29, 1.82) is 0 Å². The van der Waals surface area contributed by atoms with Crippen LogP contribution in [0.25, 0.3) is 0 Å². The second-order valence-electron chi connectivity index (χ2n) is 4.82. The van der Waals surface area contributed by atoms with Gasteiger partial charge in [-0.25, -0.2) is 0 Å². The third-order valence-electron chi connectivity index (χ3n) is 3.53. The van der Waals surface area contributed by atoms with E-state index in [9.17, 15) is 0 Å². The Morgan fingerprint density at radius 2 is 2.08 bits per heavy atom. The molecule has 2 saturated carbocycles. The molecule has 0 amide bonds. The van der Waals surface area contributed by atoms with E-state index in [2.05, 4.69) is 13.8 Å². The lowest BCUT2D eigenvalue weighted by Gasteiger charge is -2.22. The van der Waals surface area contributed by atoms with Gasteiger partial charge >= 0.3 is 0 Å². The minimum absolute atomic E-state index is 0.420. The van der Waals surface area contributed by atoms with Gasteiger partial charge in [-0.05, 0) is 50.9 Å². The Hall–Kier alpha value is -0.0400. The predicted octanol–water partition coefficient (Wildman–Crippen LogP) is 2.85. The summed E-state index contributed by atoms with van der Waals surface area (Å²) >= 11 is 0. The summed E-state index contributed by atoms with van der Waals surface area (Å²) < 4.78 is 5.68. The lowest BCUT2D eigenvalue weighted by Crippen LogP contribution is -2.19. The Labute approximate surface area is 75.5 Å². The van der Waals surface area contributed by atoms with Crippen LogP contribution in [0.1, 0.15) is 39.5 Å². The van der Waals surface area contributed by atoms with Crippen LogP contribution in [0, 0.1) is 17.8 Å². The number of hydrogen-bond acceptors (Lipinski definition) is 1. The van der Waals surface area contributed by atoms with E-state index >= 15 is 0 Å². The van der Waals surface area contributed by atoms with Gasteiger partial charge in [0.25, 0.3) is 0 Å². The van der Waals surface area contributed by atoms with Crippen LogP contribution in [0.5, 0.6) is 0 Å². The second kappa shape index (κ2) is 3.37. The molecule has 0 aliphatic heterocycles. The zero-order valence-electron chi connectivity index (χ0n) is 8.25. The normalized spacial score (nSPS) is 39.8. The summed E-state index contributed by atoms with van der Waals surface area (Å²) in [4.78, 5) is 0. The molecule has 0 heterocycles. The summed E-state index contributed by atoms with van der Waals surface area (Å²) in [5, 5.41) is 0. The van der Waals surface area contributed by atoms with Crippen molar-refractivity contribution in [3.05, 3.63) is 0 Å². The fourth-order valence-corrected chi connectivity index (χ4v) is 2.90. The first-order valence-corrected chi connectivity index (χ1v) is 5.37. The van der Waals surface area contributed by atoms with Gasteiger partial charge in [0, 0.05) is 0 Å². The lowest BCUT2D eigenvalue weighted by molar-refractivity contribution is 0.0363. The maximum absolute atomic E-state index is 5.68. The molecule has 0 aromatic heterocycles. The third kappa shape index (κ3) is 1.66. The van der Waals surface area contributed by atoms with Crippen LogP contribution in [0.4, 0.5) is 0 Å². The molecule has 70 valence electrons. The van der Waals surface area contributed by atoms with Gasteiger partial charge in [0.1, 0.15) is 0 Å². The smallest absolute Gasteiger partial charge is 0.0519 e. The molecule has 2 rings (SSSR count). The zero-order valence-corrected chi connectivity index (χ0v) is 8.25. The fourth-order valence-electron chi connectivity index (χ4n) is 2.90. The molecule has 0 aromatic carbocycles. The zero-order chi connectivity index (χ0) is 8.55. The van der Waals surface area contributed by atoms with Crippen LogP contribution in [-0.2, 0) is 4.74 Å². The van der Waals surface area contributed by atoms with Crippen molar-refractivity contribution in [2.24, 2.45) is 17.8 Å². The van der Waals surface area contributed by atoms with Crippen molar-refractivity contribution in [2.75, 3.05) is 6.61 Å². The third-order valence-corrected chi connectivity index (χ3v) is 3.53. The first-order chi connectivity index (χ1) is 5.75. The quantitative estimate of drug-likeness (QED) is 0.629. The number of hydrogen-bond donors (Lipinski definition) is 0. The van der Waals surface area contributed by atoms with Crippen LogP contribution in [0.15, 0.2) is 0 Å². The van der Waals surface area contributed by atoms with Gasteiger partial charge in [0.2, 0.25) is 0 Å². The van der Waals surface area contributed by atoms with Crippen LogP contribution in [-0.4, -0.2) is 12.7 Å². The summed E-state index contributed by atoms with van der Waals surface area (Å²) in [5.74, 6) is 3.00. The van der Waals surface area contributed by atoms with Crippen LogP contribution >= 0.6 is 0 Å². The van der Waals surface area contributed by atoms with Gasteiger partial charge in [-0.15, -0.1) is 0 Å². The first-order valence-electron chi connectivity index (χ1n) is 5.37. The molecule has 12 heavy (non-hydrogen) atoms. The highest BCUT2D eigenvalue weighted by Gasteiger charge is 2.39. The molecule has 0 aromatic rings. The Morgan fingerprint density at radius 1 is 1.25 bits per heavy atom. The lowest BCUT2D eigenvalue weighted by atomic mass is 9.89. The Balaban J connectivity index is 1.76. The van der Waals surface area contributed by atoms with Crippen molar-refractivity contribution < 1.29 is 4.74 Å². The number of ether oxygens (including phenoxy) is 1. The summed E-state index contributed by atoms with van der Waals surface area (Å²) in [7, 11) is 0. The van der Waals surface area contributed by atoms with Crippen molar-refractivity contribution in [3.8, 4) is 0 Å². The monoisotopic (exact) mass is 168 g/mol. The van der Waals surface area contributed by atoms with Crippen molar-refractivity contribution in [1.82, 2.24) is 0 Å². The molecule has 0 spiro atoms.